The van der Waals surface area contributed by atoms with E-state index in [0.29, 0.717) is 17.6 Å². The van der Waals surface area contributed by atoms with Crippen molar-refractivity contribution in [1.29, 1.82) is 0 Å². The van der Waals surface area contributed by atoms with Crippen molar-refractivity contribution < 1.29 is 9.32 Å². The van der Waals surface area contributed by atoms with Crippen LogP contribution in [0.15, 0.2) is 16.8 Å². The van der Waals surface area contributed by atoms with Gasteiger partial charge in [0.05, 0.1) is 6.20 Å². The number of hydrogen-bond acceptors (Lipinski definition) is 4. The van der Waals surface area contributed by atoms with E-state index in [1.54, 1.807) is 6.07 Å². The van der Waals surface area contributed by atoms with Crippen molar-refractivity contribution in [3.8, 4) is 0 Å². The summed E-state index contributed by atoms with van der Waals surface area (Å²) in [5, 5.41) is 6.98. The lowest BCUT2D eigenvalue weighted by Crippen LogP contribution is -2.52. The van der Waals surface area contributed by atoms with Crippen LogP contribution in [-0.2, 0) is 0 Å². The molecule has 16 heavy (non-hydrogen) atoms. The smallest absolute Gasteiger partial charge is 0.292 e. The summed E-state index contributed by atoms with van der Waals surface area (Å²) in [6.07, 6.45) is 2.76. The third kappa shape index (κ3) is 1.71. The van der Waals surface area contributed by atoms with Gasteiger partial charge in [0.15, 0.2) is 0 Å². The number of fused-ring (bicyclic) bond motifs is 2. The Hall–Kier alpha value is -1.36. The zero-order valence-electron chi connectivity index (χ0n) is 9.06. The van der Waals surface area contributed by atoms with E-state index in [9.17, 15) is 4.79 Å². The molecule has 5 nitrogen and oxygen atoms in total. The molecule has 2 saturated heterocycles. The molecule has 0 spiro atoms. The predicted molar refractivity (Wildman–Crippen MR) is 56.9 cm³/mol. The molecule has 86 valence electrons. The van der Waals surface area contributed by atoms with Crippen LogP contribution in [0.2, 0.25) is 0 Å². The van der Waals surface area contributed by atoms with E-state index in [4.69, 9.17) is 4.52 Å². The Balaban J connectivity index is 1.73. The van der Waals surface area contributed by atoms with E-state index in [0.717, 1.165) is 26.2 Å². The zero-order valence-corrected chi connectivity index (χ0v) is 9.06. The number of hydrogen-bond donors (Lipinski definition) is 1. The van der Waals surface area contributed by atoms with Crippen LogP contribution in [0.1, 0.15) is 17.0 Å². The van der Waals surface area contributed by atoms with Crippen LogP contribution in [0.25, 0.3) is 0 Å². The summed E-state index contributed by atoms with van der Waals surface area (Å²) in [5.74, 6) is 1.53. The largest absolute Gasteiger partial charge is 0.351 e. The summed E-state index contributed by atoms with van der Waals surface area (Å²) in [4.78, 5) is 14.0. The molecule has 3 heterocycles. The molecule has 3 rings (SSSR count). The van der Waals surface area contributed by atoms with Crippen molar-refractivity contribution >= 4 is 5.91 Å². The average Bonchev–Trinajstić information content (AvgIpc) is 2.81. The van der Waals surface area contributed by atoms with E-state index >= 15 is 0 Å². The van der Waals surface area contributed by atoms with Gasteiger partial charge in [0.1, 0.15) is 0 Å². The molecule has 1 amide bonds. The molecule has 1 aromatic heterocycles. The van der Waals surface area contributed by atoms with Crippen molar-refractivity contribution in [3.63, 3.8) is 0 Å². The van der Waals surface area contributed by atoms with Crippen molar-refractivity contribution in [2.75, 3.05) is 26.2 Å². The molecule has 5 heteroatoms. The van der Waals surface area contributed by atoms with E-state index in [1.165, 1.54) is 12.6 Å². The minimum atomic E-state index is -0.0194. The fraction of sp³-hybridized carbons (Fsp3) is 0.636. The first-order valence-electron chi connectivity index (χ1n) is 5.73. The maximum absolute atomic E-state index is 12.1. The molecular weight excluding hydrogens is 206 g/mol. The molecule has 0 aliphatic carbocycles. The predicted octanol–water partition coefficient (Wildman–Crippen LogP) is 0.356. The highest BCUT2D eigenvalue weighted by atomic mass is 16.5. The van der Waals surface area contributed by atoms with Crippen LogP contribution in [0, 0.1) is 11.8 Å². The first-order chi connectivity index (χ1) is 7.83. The van der Waals surface area contributed by atoms with Gasteiger partial charge in [-0.25, -0.2) is 0 Å². The maximum Gasteiger partial charge on any atom is 0.292 e. The topological polar surface area (TPSA) is 58.4 Å². The second kappa shape index (κ2) is 3.90. The maximum atomic E-state index is 12.1. The van der Waals surface area contributed by atoms with Gasteiger partial charge in [0.2, 0.25) is 5.76 Å². The van der Waals surface area contributed by atoms with E-state index < -0.39 is 0 Å². The summed E-state index contributed by atoms with van der Waals surface area (Å²) in [7, 11) is 0. The fourth-order valence-electron chi connectivity index (χ4n) is 2.75. The summed E-state index contributed by atoms with van der Waals surface area (Å²) in [6, 6.07) is 1.63. The van der Waals surface area contributed by atoms with Crippen LogP contribution < -0.4 is 5.32 Å². The lowest BCUT2D eigenvalue weighted by Gasteiger charge is -2.41. The molecule has 1 aromatic rings. The number of aromatic nitrogens is 1. The van der Waals surface area contributed by atoms with Gasteiger partial charge >= 0.3 is 0 Å². The van der Waals surface area contributed by atoms with Crippen molar-refractivity contribution in [1.82, 2.24) is 15.4 Å². The molecule has 2 atom stereocenters. The SMILES string of the molecule is O=C(c1ccno1)N1CC2CNCC(C2)C1. The summed E-state index contributed by atoms with van der Waals surface area (Å²) >= 11 is 0. The van der Waals surface area contributed by atoms with Crippen molar-refractivity contribution in [2.24, 2.45) is 11.8 Å². The van der Waals surface area contributed by atoms with Gasteiger partial charge < -0.3 is 14.7 Å². The van der Waals surface area contributed by atoms with E-state index in [2.05, 4.69) is 10.5 Å². The quantitative estimate of drug-likeness (QED) is 0.743. The lowest BCUT2D eigenvalue weighted by molar-refractivity contribution is 0.0499. The number of carbonyl (C=O) groups excluding carboxylic acids is 1. The van der Waals surface area contributed by atoms with Crippen LogP contribution in [-0.4, -0.2) is 42.1 Å². The highest BCUT2D eigenvalue weighted by Crippen LogP contribution is 2.25. The van der Waals surface area contributed by atoms with Gasteiger partial charge in [0, 0.05) is 19.2 Å². The molecule has 0 radical (unpaired) electrons. The van der Waals surface area contributed by atoms with Gasteiger partial charge in [-0.05, 0) is 31.3 Å². The second-order valence-electron chi connectivity index (χ2n) is 4.71. The number of piperidine rings is 2. The minimum Gasteiger partial charge on any atom is -0.351 e. The number of rotatable bonds is 1. The molecule has 1 N–H and O–H groups in total. The number of carbonyl (C=O) groups is 1. The van der Waals surface area contributed by atoms with E-state index in [1.807, 2.05) is 4.90 Å². The normalized spacial score (nSPS) is 29.1. The first kappa shape index (κ1) is 9.84. The number of likely N-dealkylation sites (tertiary alicyclic amines) is 1. The summed E-state index contributed by atoms with van der Waals surface area (Å²) in [6.45, 7) is 3.72. The second-order valence-corrected chi connectivity index (χ2v) is 4.71. The van der Waals surface area contributed by atoms with Gasteiger partial charge in [-0.1, -0.05) is 5.16 Å². The molecule has 2 bridgehead atoms. The monoisotopic (exact) mass is 221 g/mol. The molecule has 0 saturated carbocycles. The molecule has 2 unspecified atom stereocenters. The first-order valence-corrected chi connectivity index (χ1v) is 5.73. The van der Waals surface area contributed by atoms with Gasteiger partial charge in [-0.15, -0.1) is 0 Å². The third-order valence-electron chi connectivity index (χ3n) is 3.43. The Morgan fingerprint density at radius 2 is 2.19 bits per heavy atom. The van der Waals surface area contributed by atoms with Crippen LogP contribution in [0.4, 0.5) is 0 Å². The zero-order chi connectivity index (χ0) is 11.0. The van der Waals surface area contributed by atoms with Crippen molar-refractivity contribution in [2.45, 2.75) is 6.42 Å². The molecule has 2 aliphatic rings. The molecule has 0 aromatic carbocycles. The Morgan fingerprint density at radius 1 is 1.44 bits per heavy atom. The average molecular weight is 221 g/mol. The van der Waals surface area contributed by atoms with Crippen LogP contribution >= 0.6 is 0 Å². The number of nitrogens with one attached hydrogen (secondary N) is 1. The molecule has 2 fully saturated rings. The highest BCUT2D eigenvalue weighted by molar-refractivity contribution is 5.91. The Kier molecular flexibility index (Phi) is 2.40. The van der Waals surface area contributed by atoms with Crippen molar-refractivity contribution in [3.05, 3.63) is 18.0 Å². The Morgan fingerprint density at radius 3 is 2.81 bits per heavy atom. The molecule has 2 aliphatic heterocycles. The fourth-order valence-corrected chi connectivity index (χ4v) is 2.75. The Labute approximate surface area is 93.8 Å². The van der Waals surface area contributed by atoms with Gasteiger partial charge in [0.25, 0.3) is 5.91 Å². The van der Waals surface area contributed by atoms with Crippen LogP contribution in [0.3, 0.4) is 0 Å². The third-order valence-corrected chi connectivity index (χ3v) is 3.43. The number of nitrogens with zero attached hydrogens (tertiary/aromatic N) is 2. The number of amides is 1. The highest BCUT2D eigenvalue weighted by Gasteiger charge is 2.33. The van der Waals surface area contributed by atoms with Gasteiger partial charge in [-0.3, -0.25) is 4.79 Å². The summed E-state index contributed by atoms with van der Waals surface area (Å²) in [5.41, 5.74) is 0. The molecular formula is C11H15N3O2. The standard InChI is InChI=1S/C11H15N3O2/c15-11(10-1-2-13-16-10)14-6-8-3-9(7-14)5-12-4-8/h1-2,8-9,12H,3-7H2. The van der Waals surface area contributed by atoms with Gasteiger partial charge in [-0.2, -0.15) is 0 Å². The lowest BCUT2D eigenvalue weighted by atomic mass is 9.86. The summed E-state index contributed by atoms with van der Waals surface area (Å²) < 4.78 is 4.91. The van der Waals surface area contributed by atoms with Crippen LogP contribution in [0.5, 0.6) is 0 Å². The minimum absolute atomic E-state index is 0.0194. The van der Waals surface area contributed by atoms with E-state index in [-0.39, 0.29) is 5.91 Å². The Bertz CT molecular complexity index is 365.